The zero-order valence-electron chi connectivity index (χ0n) is 6.80. The Balaban J connectivity index is 2.50. The van der Waals surface area contributed by atoms with Gasteiger partial charge in [-0.25, -0.2) is 0 Å². The first-order chi connectivity index (χ1) is 5.27. The molecule has 2 N–H and O–H groups in total. The molecule has 1 aliphatic rings. The number of hydrogen-bond donors (Lipinski definition) is 1. The van der Waals surface area contributed by atoms with Gasteiger partial charge in [0.05, 0.1) is 0 Å². The van der Waals surface area contributed by atoms with Crippen molar-refractivity contribution in [1.82, 2.24) is 0 Å². The van der Waals surface area contributed by atoms with Crippen molar-refractivity contribution in [3.8, 4) is 0 Å². The highest BCUT2D eigenvalue weighted by atomic mass is 14.5. The molecular weight excluding hydrogens is 134 g/mol. The fourth-order valence-corrected chi connectivity index (χ4v) is 1.85. The van der Waals surface area contributed by atoms with Crippen molar-refractivity contribution in [2.45, 2.75) is 25.7 Å². The average Bonchev–Trinajstić information content (AvgIpc) is 2.32. The Morgan fingerprint density at radius 3 is 3.09 bits per heavy atom. The molecule has 58 valence electrons. The molecule has 1 atom stereocenters. The Hall–Kier alpha value is -0.980. The standard InChI is InChI=1S/C10H13N/c1-7-2-3-8-6-9(11)4-5-10(7)8/h4-7H,2-3,11H2,1H3/t7-/m1/s1. The first-order valence-electron chi connectivity index (χ1n) is 4.15. The normalized spacial score (nSPS) is 21.7. The van der Waals surface area contributed by atoms with Gasteiger partial charge in [0, 0.05) is 5.69 Å². The summed E-state index contributed by atoms with van der Waals surface area (Å²) < 4.78 is 0. The Morgan fingerprint density at radius 2 is 2.27 bits per heavy atom. The maximum absolute atomic E-state index is 5.68. The van der Waals surface area contributed by atoms with Crippen LogP contribution in [0.3, 0.4) is 0 Å². The first-order valence-corrected chi connectivity index (χ1v) is 4.15. The van der Waals surface area contributed by atoms with E-state index in [-0.39, 0.29) is 0 Å². The van der Waals surface area contributed by atoms with Crippen LogP contribution in [0.4, 0.5) is 5.69 Å². The van der Waals surface area contributed by atoms with Crippen LogP contribution in [-0.4, -0.2) is 0 Å². The number of hydrogen-bond acceptors (Lipinski definition) is 1. The average molecular weight is 147 g/mol. The zero-order valence-corrected chi connectivity index (χ0v) is 6.80. The molecule has 2 rings (SSSR count). The molecule has 0 saturated heterocycles. The van der Waals surface area contributed by atoms with Crippen LogP contribution in [-0.2, 0) is 6.42 Å². The third-order valence-electron chi connectivity index (χ3n) is 2.54. The summed E-state index contributed by atoms with van der Waals surface area (Å²) in [5, 5.41) is 0. The van der Waals surface area contributed by atoms with Crippen LogP contribution in [0, 0.1) is 0 Å². The van der Waals surface area contributed by atoms with E-state index in [0.717, 1.165) is 11.6 Å². The molecule has 0 radical (unpaired) electrons. The number of nitrogens with two attached hydrogens (primary N) is 1. The summed E-state index contributed by atoms with van der Waals surface area (Å²) in [5.74, 6) is 0.741. The van der Waals surface area contributed by atoms with Gasteiger partial charge in [0.15, 0.2) is 0 Å². The molecule has 11 heavy (non-hydrogen) atoms. The van der Waals surface area contributed by atoms with Crippen molar-refractivity contribution in [2.75, 3.05) is 5.73 Å². The molecule has 1 aromatic carbocycles. The Morgan fingerprint density at radius 1 is 1.45 bits per heavy atom. The Bertz CT molecular complexity index is 278. The van der Waals surface area contributed by atoms with Crippen molar-refractivity contribution in [1.29, 1.82) is 0 Å². The van der Waals surface area contributed by atoms with E-state index in [0.29, 0.717) is 0 Å². The molecule has 1 aromatic rings. The minimum atomic E-state index is 0.741. The van der Waals surface area contributed by atoms with Crippen LogP contribution in [0.15, 0.2) is 18.2 Å². The molecule has 0 heterocycles. The fraction of sp³-hybridized carbons (Fsp3) is 0.400. The molecule has 0 amide bonds. The van der Waals surface area contributed by atoms with Gasteiger partial charge in [-0.1, -0.05) is 13.0 Å². The largest absolute Gasteiger partial charge is 0.399 e. The van der Waals surface area contributed by atoms with E-state index in [4.69, 9.17) is 5.73 Å². The van der Waals surface area contributed by atoms with E-state index in [2.05, 4.69) is 19.1 Å². The smallest absolute Gasteiger partial charge is 0.0316 e. The van der Waals surface area contributed by atoms with Crippen molar-refractivity contribution in [2.24, 2.45) is 0 Å². The molecule has 0 spiro atoms. The van der Waals surface area contributed by atoms with Crippen LogP contribution >= 0.6 is 0 Å². The first kappa shape index (κ1) is 6.71. The third-order valence-corrected chi connectivity index (χ3v) is 2.54. The Kier molecular flexibility index (Phi) is 1.38. The van der Waals surface area contributed by atoms with Crippen LogP contribution in [0.5, 0.6) is 0 Å². The number of aryl methyl sites for hydroxylation is 1. The third kappa shape index (κ3) is 1.01. The predicted molar refractivity (Wildman–Crippen MR) is 47.6 cm³/mol. The number of benzene rings is 1. The molecule has 1 nitrogen and oxygen atoms in total. The topological polar surface area (TPSA) is 26.0 Å². The second-order valence-corrected chi connectivity index (χ2v) is 3.40. The molecule has 0 aliphatic heterocycles. The van der Waals surface area contributed by atoms with Gasteiger partial charge in [-0.3, -0.25) is 0 Å². The fourth-order valence-electron chi connectivity index (χ4n) is 1.85. The lowest BCUT2D eigenvalue weighted by atomic mass is 10.0. The molecule has 1 aliphatic carbocycles. The van der Waals surface area contributed by atoms with Crippen molar-refractivity contribution < 1.29 is 0 Å². The highest BCUT2D eigenvalue weighted by molar-refractivity contribution is 5.47. The van der Waals surface area contributed by atoms with Crippen molar-refractivity contribution in [3.63, 3.8) is 0 Å². The van der Waals surface area contributed by atoms with Gasteiger partial charge in [-0.2, -0.15) is 0 Å². The van der Waals surface area contributed by atoms with Crippen molar-refractivity contribution in [3.05, 3.63) is 29.3 Å². The quantitative estimate of drug-likeness (QED) is 0.560. The monoisotopic (exact) mass is 147 g/mol. The van der Waals surface area contributed by atoms with E-state index in [1.807, 2.05) is 6.07 Å². The van der Waals surface area contributed by atoms with Gasteiger partial charge >= 0.3 is 0 Å². The molecule has 1 heteroatoms. The lowest BCUT2D eigenvalue weighted by Crippen LogP contribution is -1.89. The zero-order chi connectivity index (χ0) is 7.84. The molecule has 0 saturated carbocycles. The number of rotatable bonds is 0. The summed E-state index contributed by atoms with van der Waals surface area (Å²) >= 11 is 0. The van der Waals surface area contributed by atoms with E-state index in [9.17, 15) is 0 Å². The Labute approximate surface area is 67.2 Å². The lowest BCUT2D eigenvalue weighted by Gasteiger charge is -2.03. The summed E-state index contributed by atoms with van der Waals surface area (Å²) in [7, 11) is 0. The van der Waals surface area contributed by atoms with E-state index < -0.39 is 0 Å². The maximum Gasteiger partial charge on any atom is 0.0316 e. The van der Waals surface area contributed by atoms with Gasteiger partial charge in [0.2, 0.25) is 0 Å². The molecule has 0 fully saturated rings. The van der Waals surface area contributed by atoms with Crippen LogP contribution < -0.4 is 5.73 Å². The SMILES string of the molecule is C[C@@H]1CCc2cc(N)ccc21. The second kappa shape index (κ2) is 2.26. The van der Waals surface area contributed by atoms with Gasteiger partial charge in [-0.05, 0) is 42.0 Å². The summed E-state index contributed by atoms with van der Waals surface area (Å²) in [6.45, 7) is 2.28. The van der Waals surface area contributed by atoms with Crippen LogP contribution in [0.25, 0.3) is 0 Å². The van der Waals surface area contributed by atoms with Gasteiger partial charge in [0.25, 0.3) is 0 Å². The second-order valence-electron chi connectivity index (χ2n) is 3.40. The summed E-state index contributed by atoms with van der Waals surface area (Å²) in [6, 6.07) is 6.28. The van der Waals surface area contributed by atoms with Gasteiger partial charge in [-0.15, -0.1) is 0 Å². The van der Waals surface area contributed by atoms with Crippen molar-refractivity contribution >= 4 is 5.69 Å². The van der Waals surface area contributed by atoms with E-state index in [1.165, 1.54) is 24.0 Å². The van der Waals surface area contributed by atoms with Gasteiger partial charge in [0.1, 0.15) is 0 Å². The summed E-state index contributed by atoms with van der Waals surface area (Å²) in [5.41, 5.74) is 9.53. The number of fused-ring (bicyclic) bond motifs is 1. The molecular formula is C10H13N. The lowest BCUT2D eigenvalue weighted by molar-refractivity contribution is 0.747. The van der Waals surface area contributed by atoms with Crippen LogP contribution in [0.1, 0.15) is 30.4 Å². The molecule has 0 aromatic heterocycles. The highest BCUT2D eigenvalue weighted by Gasteiger charge is 2.17. The van der Waals surface area contributed by atoms with E-state index in [1.54, 1.807) is 0 Å². The minimum absolute atomic E-state index is 0.741. The number of nitrogen functional groups attached to an aromatic ring is 1. The minimum Gasteiger partial charge on any atom is -0.399 e. The van der Waals surface area contributed by atoms with Crippen LogP contribution in [0.2, 0.25) is 0 Å². The summed E-state index contributed by atoms with van der Waals surface area (Å²) in [4.78, 5) is 0. The maximum atomic E-state index is 5.68. The predicted octanol–water partition coefficient (Wildman–Crippen LogP) is 2.32. The van der Waals surface area contributed by atoms with Gasteiger partial charge < -0.3 is 5.73 Å². The summed E-state index contributed by atoms with van der Waals surface area (Å²) in [6.07, 6.45) is 2.50. The highest BCUT2D eigenvalue weighted by Crippen LogP contribution is 2.33. The molecule has 0 bridgehead atoms. The van der Waals surface area contributed by atoms with E-state index >= 15 is 0 Å². The number of anilines is 1. The molecule has 0 unspecified atom stereocenters.